The van der Waals surface area contributed by atoms with Crippen LogP contribution < -0.4 is 5.63 Å². The minimum atomic E-state index is -0.768. The molecule has 3 rings (SSSR count). The van der Waals surface area contributed by atoms with Crippen LogP contribution in [-0.2, 0) is 35.2 Å². The molecule has 0 aliphatic carbocycles. The SMILES string of the molecule is CCCc1c(O)cc(CCCSc2ccc(CC(=O)OC)cc2Cl)c2c(CCC)c(O)c(=O)oc12. The van der Waals surface area contributed by atoms with Crippen molar-refractivity contribution in [3.63, 3.8) is 0 Å². The quantitative estimate of drug-likeness (QED) is 0.135. The molecule has 1 heterocycles. The summed E-state index contributed by atoms with van der Waals surface area (Å²) < 4.78 is 10.2. The van der Waals surface area contributed by atoms with Crippen molar-refractivity contribution in [2.75, 3.05) is 12.9 Å². The van der Waals surface area contributed by atoms with Gasteiger partial charge >= 0.3 is 11.6 Å². The zero-order chi connectivity index (χ0) is 25.5. The molecule has 0 saturated carbocycles. The first kappa shape index (κ1) is 27.0. The van der Waals surface area contributed by atoms with E-state index in [1.165, 1.54) is 7.11 Å². The molecule has 0 aliphatic heterocycles. The first-order valence-corrected chi connectivity index (χ1v) is 13.2. The van der Waals surface area contributed by atoms with Gasteiger partial charge in [0.25, 0.3) is 0 Å². The zero-order valence-electron chi connectivity index (χ0n) is 20.3. The summed E-state index contributed by atoms with van der Waals surface area (Å²) in [7, 11) is 1.36. The van der Waals surface area contributed by atoms with Crippen LogP contribution >= 0.6 is 23.4 Å². The van der Waals surface area contributed by atoms with Crippen molar-refractivity contribution >= 4 is 40.3 Å². The number of halogens is 1. The predicted octanol–water partition coefficient (Wildman–Crippen LogP) is 6.20. The fraction of sp³-hybridized carbons (Fsp3) is 0.407. The van der Waals surface area contributed by atoms with E-state index in [2.05, 4.69) is 0 Å². The summed E-state index contributed by atoms with van der Waals surface area (Å²) in [6.45, 7) is 3.98. The molecule has 0 atom stereocenters. The highest BCUT2D eigenvalue weighted by Gasteiger charge is 2.21. The number of rotatable bonds is 11. The molecule has 2 aromatic carbocycles. The van der Waals surface area contributed by atoms with Gasteiger partial charge in [0.15, 0.2) is 0 Å². The molecule has 1 aromatic heterocycles. The number of aryl methyl sites for hydroxylation is 3. The Labute approximate surface area is 214 Å². The van der Waals surface area contributed by atoms with E-state index in [0.29, 0.717) is 41.0 Å². The zero-order valence-corrected chi connectivity index (χ0v) is 21.9. The molecule has 6 nitrogen and oxygen atoms in total. The lowest BCUT2D eigenvalue weighted by Crippen LogP contribution is -2.07. The fourth-order valence-electron chi connectivity index (χ4n) is 4.20. The number of thioether (sulfide) groups is 1. The van der Waals surface area contributed by atoms with Crippen molar-refractivity contribution in [1.29, 1.82) is 0 Å². The summed E-state index contributed by atoms with van der Waals surface area (Å²) in [5.74, 6) is 0.219. The number of esters is 1. The number of aromatic hydroxyl groups is 2. The number of carbonyl (C=O) groups is 1. The minimum absolute atomic E-state index is 0.113. The molecule has 2 N–H and O–H groups in total. The summed E-state index contributed by atoms with van der Waals surface area (Å²) in [6.07, 6.45) is 4.24. The molecule has 0 aliphatic rings. The Morgan fingerprint density at radius 3 is 2.46 bits per heavy atom. The van der Waals surface area contributed by atoms with Gasteiger partial charge < -0.3 is 19.4 Å². The number of ether oxygens (including phenoxy) is 1. The third-order valence-corrected chi connectivity index (χ3v) is 7.42. The van der Waals surface area contributed by atoms with Gasteiger partial charge in [-0.25, -0.2) is 4.79 Å². The number of hydrogen-bond acceptors (Lipinski definition) is 7. The highest BCUT2D eigenvalue weighted by Crippen LogP contribution is 2.37. The lowest BCUT2D eigenvalue weighted by atomic mass is 9.93. The molecular formula is C27H31ClO6S. The van der Waals surface area contributed by atoms with Crippen LogP contribution in [0.5, 0.6) is 11.5 Å². The maximum atomic E-state index is 12.3. The number of methoxy groups -OCH3 is 1. The lowest BCUT2D eigenvalue weighted by Gasteiger charge is -2.16. The third kappa shape index (κ3) is 6.33. The number of fused-ring (bicyclic) bond motifs is 1. The van der Waals surface area contributed by atoms with Crippen LogP contribution in [0.2, 0.25) is 5.02 Å². The van der Waals surface area contributed by atoms with Crippen LogP contribution in [0.1, 0.15) is 55.4 Å². The Kier molecular flexibility index (Phi) is 9.52. The van der Waals surface area contributed by atoms with Crippen LogP contribution in [0.15, 0.2) is 38.4 Å². The number of carbonyl (C=O) groups excluding carboxylic acids is 1. The van der Waals surface area contributed by atoms with Crippen molar-refractivity contribution in [3.8, 4) is 11.5 Å². The first-order valence-electron chi connectivity index (χ1n) is 11.8. The maximum absolute atomic E-state index is 12.3. The number of phenolic OH excluding ortho intramolecular Hbond substituents is 1. The molecular weight excluding hydrogens is 488 g/mol. The molecule has 0 radical (unpaired) electrons. The van der Waals surface area contributed by atoms with E-state index in [9.17, 15) is 19.8 Å². The van der Waals surface area contributed by atoms with E-state index in [-0.39, 0.29) is 23.9 Å². The molecule has 35 heavy (non-hydrogen) atoms. The topological polar surface area (TPSA) is 97.0 Å². The largest absolute Gasteiger partial charge is 0.508 e. The Balaban J connectivity index is 1.83. The van der Waals surface area contributed by atoms with Crippen molar-refractivity contribution in [1.82, 2.24) is 0 Å². The van der Waals surface area contributed by atoms with Crippen molar-refractivity contribution in [3.05, 3.63) is 62.0 Å². The number of phenols is 1. The van der Waals surface area contributed by atoms with E-state index in [1.54, 1.807) is 23.9 Å². The molecule has 3 aromatic rings. The Morgan fingerprint density at radius 1 is 1.09 bits per heavy atom. The molecule has 188 valence electrons. The summed E-state index contributed by atoms with van der Waals surface area (Å²) in [4.78, 5) is 24.7. The standard InChI is InChI=1S/C27H31ClO6S/c1-4-7-18-21(29)15-17(24-19(8-5-2)25(31)27(32)34-26(18)24)9-6-12-35-22-11-10-16(13-20(22)28)14-23(30)33-3/h10-11,13,15,29,31H,4-9,12,14H2,1-3H3. The van der Waals surface area contributed by atoms with Gasteiger partial charge in [-0.1, -0.05) is 44.4 Å². The first-order chi connectivity index (χ1) is 16.8. The van der Waals surface area contributed by atoms with Crippen molar-refractivity contribution < 1.29 is 24.2 Å². The minimum Gasteiger partial charge on any atom is -0.508 e. The molecule has 0 saturated heterocycles. The summed E-state index contributed by atoms with van der Waals surface area (Å²) in [5, 5.41) is 22.5. The smallest absolute Gasteiger partial charge is 0.379 e. The maximum Gasteiger partial charge on any atom is 0.379 e. The van der Waals surface area contributed by atoms with Gasteiger partial charge in [-0.2, -0.15) is 0 Å². The third-order valence-electron chi connectivity index (χ3n) is 5.84. The second kappa shape index (κ2) is 12.4. The molecule has 8 heteroatoms. The van der Waals surface area contributed by atoms with E-state index in [4.69, 9.17) is 20.8 Å². The van der Waals surface area contributed by atoms with E-state index < -0.39 is 5.63 Å². The van der Waals surface area contributed by atoms with Crippen LogP contribution in [-0.4, -0.2) is 29.0 Å². The van der Waals surface area contributed by atoms with Gasteiger partial charge in [0.2, 0.25) is 5.75 Å². The summed E-state index contributed by atoms with van der Waals surface area (Å²) in [6, 6.07) is 7.29. The van der Waals surface area contributed by atoms with Crippen LogP contribution in [0.25, 0.3) is 11.0 Å². The van der Waals surface area contributed by atoms with Gasteiger partial charge in [-0.3, -0.25) is 4.79 Å². The predicted molar refractivity (Wildman–Crippen MR) is 140 cm³/mol. The van der Waals surface area contributed by atoms with E-state index in [1.807, 2.05) is 26.0 Å². The molecule has 0 spiro atoms. The van der Waals surface area contributed by atoms with Crippen LogP contribution in [0.4, 0.5) is 0 Å². The number of hydrogen-bond donors (Lipinski definition) is 2. The average molecular weight is 519 g/mol. The van der Waals surface area contributed by atoms with Gasteiger partial charge in [-0.05, 0) is 60.8 Å². The van der Waals surface area contributed by atoms with Gasteiger partial charge in [-0.15, -0.1) is 11.8 Å². The molecule has 0 bridgehead atoms. The van der Waals surface area contributed by atoms with Crippen LogP contribution in [0, 0.1) is 0 Å². The van der Waals surface area contributed by atoms with Gasteiger partial charge in [0, 0.05) is 21.4 Å². The van der Waals surface area contributed by atoms with E-state index in [0.717, 1.165) is 46.4 Å². The molecule has 0 fully saturated rings. The highest BCUT2D eigenvalue weighted by atomic mass is 35.5. The average Bonchev–Trinajstić information content (AvgIpc) is 2.83. The Morgan fingerprint density at radius 2 is 1.80 bits per heavy atom. The number of benzene rings is 2. The highest BCUT2D eigenvalue weighted by molar-refractivity contribution is 7.99. The lowest BCUT2D eigenvalue weighted by molar-refractivity contribution is -0.139. The summed E-state index contributed by atoms with van der Waals surface area (Å²) in [5.41, 5.74) is 2.45. The monoisotopic (exact) mass is 518 g/mol. The van der Waals surface area contributed by atoms with Crippen LogP contribution in [0.3, 0.4) is 0 Å². The van der Waals surface area contributed by atoms with Gasteiger partial charge in [0.1, 0.15) is 11.3 Å². The van der Waals surface area contributed by atoms with Crippen molar-refractivity contribution in [2.24, 2.45) is 0 Å². The fourth-order valence-corrected chi connectivity index (χ4v) is 5.44. The second-order valence-electron chi connectivity index (χ2n) is 8.42. The van der Waals surface area contributed by atoms with E-state index >= 15 is 0 Å². The Bertz CT molecular complexity index is 1270. The summed E-state index contributed by atoms with van der Waals surface area (Å²) >= 11 is 8.02. The second-order valence-corrected chi connectivity index (χ2v) is 9.97. The Hall–Kier alpha value is -2.64. The van der Waals surface area contributed by atoms with Gasteiger partial charge in [0.05, 0.1) is 18.6 Å². The molecule has 0 unspecified atom stereocenters. The molecule has 0 amide bonds. The van der Waals surface area contributed by atoms with Crippen molar-refractivity contribution in [2.45, 2.75) is 63.7 Å². The normalized spacial score (nSPS) is 11.2.